The molecule has 1 fully saturated rings. The summed E-state index contributed by atoms with van der Waals surface area (Å²) in [5, 5.41) is 6.80. The number of guanidine groups is 1. The van der Waals surface area contributed by atoms with Gasteiger partial charge in [0.05, 0.1) is 33.0 Å². The molecule has 146 valence electrons. The highest BCUT2D eigenvalue weighted by molar-refractivity contribution is 14.0. The monoisotopic (exact) mass is 466 g/mol. The van der Waals surface area contributed by atoms with Gasteiger partial charge in [-0.25, -0.2) is 0 Å². The minimum Gasteiger partial charge on any atom is -0.379 e. The maximum Gasteiger partial charge on any atom is 0.191 e. The van der Waals surface area contributed by atoms with Gasteiger partial charge in [-0.15, -0.1) is 24.0 Å². The third-order valence-electron chi connectivity index (χ3n) is 4.63. The molecule has 2 N–H and O–H groups in total. The summed E-state index contributed by atoms with van der Waals surface area (Å²) in [7, 11) is 0. The first kappa shape index (κ1) is 22.7. The van der Waals surface area contributed by atoms with Crippen LogP contribution in [0.1, 0.15) is 33.6 Å². The molecule has 0 unspecified atom stereocenters. The lowest BCUT2D eigenvalue weighted by Gasteiger charge is -2.39. The highest BCUT2D eigenvalue weighted by atomic mass is 127. The van der Waals surface area contributed by atoms with Gasteiger partial charge in [0.1, 0.15) is 0 Å². The van der Waals surface area contributed by atoms with Crippen molar-refractivity contribution in [2.75, 3.05) is 59.2 Å². The van der Waals surface area contributed by atoms with Gasteiger partial charge in [0.2, 0.25) is 0 Å². The topological polar surface area (TPSA) is 58.1 Å². The van der Waals surface area contributed by atoms with Crippen LogP contribution in [0.15, 0.2) is 16.6 Å². The number of halogens is 1. The fraction of sp³-hybridized carbons (Fsp3) is 0.833. The minimum atomic E-state index is 0. The summed E-state index contributed by atoms with van der Waals surface area (Å²) in [6, 6.07) is 0. The first-order valence-corrected chi connectivity index (χ1v) is 9.22. The van der Waals surface area contributed by atoms with Crippen molar-refractivity contribution in [3.05, 3.63) is 11.6 Å². The molecule has 2 aliphatic heterocycles. The van der Waals surface area contributed by atoms with E-state index in [0.29, 0.717) is 0 Å². The van der Waals surface area contributed by atoms with Gasteiger partial charge in [-0.3, -0.25) is 9.89 Å². The average molecular weight is 466 g/mol. The number of nitrogens with zero attached hydrogens (tertiary/aromatic N) is 2. The Morgan fingerprint density at radius 2 is 1.96 bits per heavy atom. The molecular weight excluding hydrogens is 431 g/mol. The van der Waals surface area contributed by atoms with Crippen molar-refractivity contribution in [3.8, 4) is 0 Å². The van der Waals surface area contributed by atoms with Crippen molar-refractivity contribution in [2.45, 2.75) is 39.2 Å². The maximum atomic E-state index is 5.45. The SMILES string of the molecule is CCNC(=NCC(C)(C)N1CCOCC1)NCCC1=CCOCC1.I. The molecule has 0 spiro atoms. The van der Waals surface area contributed by atoms with Crippen LogP contribution >= 0.6 is 24.0 Å². The van der Waals surface area contributed by atoms with Crippen LogP contribution in [-0.2, 0) is 9.47 Å². The first-order chi connectivity index (χ1) is 11.6. The molecule has 2 rings (SSSR count). The lowest BCUT2D eigenvalue weighted by molar-refractivity contribution is -0.00683. The van der Waals surface area contributed by atoms with Crippen molar-refractivity contribution in [1.82, 2.24) is 15.5 Å². The molecule has 0 aliphatic carbocycles. The van der Waals surface area contributed by atoms with E-state index in [4.69, 9.17) is 14.5 Å². The van der Waals surface area contributed by atoms with Crippen LogP contribution in [0, 0.1) is 0 Å². The number of hydrogen-bond donors (Lipinski definition) is 2. The zero-order valence-corrected chi connectivity index (χ0v) is 18.3. The van der Waals surface area contributed by atoms with Gasteiger partial charge >= 0.3 is 0 Å². The summed E-state index contributed by atoms with van der Waals surface area (Å²) in [5.41, 5.74) is 1.54. The summed E-state index contributed by atoms with van der Waals surface area (Å²) in [6.45, 7) is 14.4. The molecule has 2 aliphatic rings. The Kier molecular flexibility index (Phi) is 11.0. The molecule has 7 heteroatoms. The van der Waals surface area contributed by atoms with Gasteiger partial charge in [-0.2, -0.15) is 0 Å². The minimum absolute atomic E-state index is 0. The highest BCUT2D eigenvalue weighted by Crippen LogP contribution is 2.16. The van der Waals surface area contributed by atoms with E-state index in [-0.39, 0.29) is 29.5 Å². The van der Waals surface area contributed by atoms with Gasteiger partial charge in [-0.05, 0) is 33.6 Å². The van der Waals surface area contributed by atoms with Gasteiger partial charge in [0.25, 0.3) is 0 Å². The largest absolute Gasteiger partial charge is 0.379 e. The molecule has 6 nitrogen and oxygen atoms in total. The summed E-state index contributed by atoms with van der Waals surface area (Å²) in [5.74, 6) is 0.909. The van der Waals surface area contributed by atoms with E-state index in [1.807, 2.05) is 0 Å². The van der Waals surface area contributed by atoms with Crippen LogP contribution in [0.25, 0.3) is 0 Å². The van der Waals surface area contributed by atoms with Gasteiger partial charge in [0, 0.05) is 31.7 Å². The molecule has 0 aromatic rings. The Labute approximate surface area is 169 Å². The van der Waals surface area contributed by atoms with Crippen molar-refractivity contribution < 1.29 is 9.47 Å². The van der Waals surface area contributed by atoms with E-state index in [1.165, 1.54) is 5.57 Å². The lowest BCUT2D eigenvalue weighted by atomic mass is 10.0. The Morgan fingerprint density at radius 1 is 1.20 bits per heavy atom. The molecule has 0 bridgehead atoms. The van der Waals surface area contributed by atoms with E-state index in [9.17, 15) is 0 Å². The van der Waals surface area contributed by atoms with Crippen LogP contribution in [0.5, 0.6) is 0 Å². The molecule has 0 atom stereocenters. The molecule has 0 saturated carbocycles. The van der Waals surface area contributed by atoms with Crippen LogP contribution in [0.4, 0.5) is 0 Å². The van der Waals surface area contributed by atoms with Crippen LogP contribution in [-0.4, -0.2) is 75.5 Å². The third kappa shape index (κ3) is 8.23. The first-order valence-electron chi connectivity index (χ1n) is 9.22. The highest BCUT2D eigenvalue weighted by Gasteiger charge is 2.28. The van der Waals surface area contributed by atoms with Gasteiger partial charge in [-0.1, -0.05) is 11.6 Å². The lowest BCUT2D eigenvalue weighted by Crippen LogP contribution is -2.52. The molecule has 25 heavy (non-hydrogen) atoms. The van der Waals surface area contributed by atoms with Gasteiger partial charge < -0.3 is 20.1 Å². The Hall–Kier alpha value is -0.380. The number of ether oxygens (including phenoxy) is 2. The number of aliphatic imine (C=N–C) groups is 1. The normalized spacial score (nSPS) is 19.8. The van der Waals surface area contributed by atoms with Crippen molar-refractivity contribution >= 4 is 29.9 Å². The van der Waals surface area contributed by atoms with E-state index >= 15 is 0 Å². The Bertz CT molecular complexity index is 435. The smallest absolute Gasteiger partial charge is 0.191 e. The number of morpholine rings is 1. The molecule has 2 heterocycles. The van der Waals surface area contributed by atoms with Gasteiger partial charge in [0.15, 0.2) is 5.96 Å². The van der Waals surface area contributed by atoms with Crippen LogP contribution in [0.2, 0.25) is 0 Å². The second-order valence-electron chi connectivity index (χ2n) is 6.97. The summed E-state index contributed by atoms with van der Waals surface area (Å²) in [4.78, 5) is 7.28. The number of hydrogen-bond acceptors (Lipinski definition) is 4. The second kappa shape index (κ2) is 12.1. The predicted molar refractivity (Wildman–Crippen MR) is 114 cm³/mol. The summed E-state index contributed by atoms with van der Waals surface area (Å²) < 4.78 is 10.8. The third-order valence-corrected chi connectivity index (χ3v) is 4.63. The zero-order chi connectivity index (χ0) is 17.3. The van der Waals surface area contributed by atoms with Crippen LogP contribution < -0.4 is 10.6 Å². The standard InChI is InChI=1S/C18H34N4O2.HI/c1-4-19-17(20-8-5-16-6-11-23-12-7-16)21-15-18(2,3)22-9-13-24-14-10-22;/h6H,4-5,7-15H2,1-3H3,(H2,19,20,21);1H. The van der Waals surface area contributed by atoms with E-state index in [0.717, 1.165) is 78.0 Å². The molecule has 0 radical (unpaired) electrons. The Balaban J connectivity index is 0.00000312. The summed E-state index contributed by atoms with van der Waals surface area (Å²) in [6.07, 6.45) is 4.32. The Morgan fingerprint density at radius 3 is 2.60 bits per heavy atom. The van der Waals surface area contributed by atoms with E-state index in [2.05, 4.69) is 42.4 Å². The number of nitrogens with one attached hydrogen (secondary N) is 2. The fourth-order valence-corrected chi connectivity index (χ4v) is 3.02. The molecule has 0 amide bonds. The quantitative estimate of drug-likeness (QED) is 0.260. The fourth-order valence-electron chi connectivity index (χ4n) is 3.02. The maximum absolute atomic E-state index is 5.45. The predicted octanol–water partition coefficient (Wildman–Crippen LogP) is 2.01. The summed E-state index contributed by atoms with van der Waals surface area (Å²) >= 11 is 0. The van der Waals surface area contributed by atoms with Crippen molar-refractivity contribution in [2.24, 2.45) is 4.99 Å². The van der Waals surface area contributed by atoms with Crippen LogP contribution in [0.3, 0.4) is 0 Å². The average Bonchev–Trinajstić information content (AvgIpc) is 2.61. The second-order valence-corrected chi connectivity index (χ2v) is 6.97. The molecule has 0 aromatic carbocycles. The van der Waals surface area contributed by atoms with E-state index in [1.54, 1.807) is 0 Å². The zero-order valence-electron chi connectivity index (χ0n) is 16.0. The number of rotatable bonds is 7. The van der Waals surface area contributed by atoms with E-state index < -0.39 is 0 Å². The molecular formula is C18H35IN4O2. The van der Waals surface area contributed by atoms with Crippen molar-refractivity contribution in [1.29, 1.82) is 0 Å². The molecule has 0 aromatic heterocycles. The van der Waals surface area contributed by atoms with Crippen molar-refractivity contribution in [3.63, 3.8) is 0 Å². The molecule has 1 saturated heterocycles.